The molecule has 3 rings (SSSR count). The van der Waals surface area contributed by atoms with Crippen molar-refractivity contribution in [2.24, 2.45) is 0 Å². The van der Waals surface area contributed by atoms with Gasteiger partial charge in [-0.2, -0.15) is 13.2 Å². The fourth-order valence-corrected chi connectivity index (χ4v) is 2.20. The predicted octanol–water partition coefficient (Wildman–Crippen LogP) is 1.86. The molecule has 0 bridgehead atoms. The van der Waals surface area contributed by atoms with Crippen molar-refractivity contribution in [3.8, 4) is 0 Å². The van der Waals surface area contributed by atoms with Gasteiger partial charge in [-0.25, -0.2) is 9.97 Å². The molecule has 2 saturated heterocycles. The Bertz CT molecular complexity index is 449. The molecule has 2 aliphatic rings. The fourth-order valence-electron chi connectivity index (χ4n) is 2.20. The van der Waals surface area contributed by atoms with Crippen molar-refractivity contribution in [3.63, 3.8) is 0 Å². The Morgan fingerprint density at radius 2 is 1.94 bits per heavy atom. The quantitative estimate of drug-likeness (QED) is 0.722. The van der Waals surface area contributed by atoms with E-state index in [4.69, 9.17) is 4.74 Å². The van der Waals surface area contributed by atoms with Gasteiger partial charge in [0.15, 0.2) is 0 Å². The van der Waals surface area contributed by atoms with Crippen LogP contribution in [0.2, 0.25) is 0 Å². The molecule has 0 aromatic carbocycles. The zero-order valence-corrected chi connectivity index (χ0v) is 9.57. The van der Waals surface area contributed by atoms with E-state index in [1.165, 1.54) is 6.07 Å². The van der Waals surface area contributed by atoms with E-state index in [0.29, 0.717) is 18.9 Å². The summed E-state index contributed by atoms with van der Waals surface area (Å²) >= 11 is 0. The number of hydrogen-bond acceptors (Lipinski definition) is 4. The van der Waals surface area contributed by atoms with Crippen molar-refractivity contribution in [3.05, 3.63) is 18.1 Å². The molecule has 0 unspecified atom stereocenters. The van der Waals surface area contributed by atoms with Crippen molar-refractivity contribution in [2.75, 3.05) is 24.6 Å². The van der Waals surface area contributed by atoms with Crippen LogP contribution in [0.1, 0.15) is 18.7 Å². The van der Waals surface area contributed by atoms with Crippen LogP contribution in [0.4, 0.5) is 19.0 Å². The molecule has 1 aromatic rings. The molecule has 0 saturated carbocycles. The third kappa shape index (κ3) is 2.14. The van der Waals surface area contributed by atoms with Gasteiger partial charge in [0.25, 0.3) is 0 Å². The Hall–Kier alpha value is -1.37. The lowest BCUT2D eigenvalue weighted by atomic mass is 9.98. The van der Waals surface area contributed by atoms with E-state index in [9.17, 15) is 13.2 Å². The normalized spacial score (nSPS) is 22.3. The molecule has 18 heavy (non-hydrogen) atoms. The van der Waals surface area contributed by atoms with Crippen molar-refractivity contribution < 1.29 is 17.9 Å². The summed E-state index contributed by atoms with van der Waals surface area (Å²) in [4.78, 5) is 8.69. The minimum atomic E-state index is -4.49. The molecule has 7 heteroatoms. The van der Waals surface area contributed by atoms with Gasteiger partial charge in [0, 0.05) is 19.3 Å². The molecule has 1 spiro atoms. The SMILES string of the molecule is FC(F)(F)c1nccc(N2CCC3(CC2)CO3)n1. The van der Waals surface area contributed by atoms with Gasteiger partial charge >= 0.3 is 6.18 Å². The molecule has 4 nitrogen and oxygen atoms in total. The Morgan fingerprint density at radius 1 is 1.28 bits per heavy atom. The number of halogens is 3. The van der Waals surface area contributed by atoms with E-state index in [2.05, 4.69) is 9.97 Å². The Kier molecular flexibility index (Phi) is 2.48. The molecule has 1 aromatic heterocycles. The molecule has 98 valence electrons. The zero-order chi connectivity index (χ0) is 12.8. The number of anilines is 1. The Labute approximate surface area is 102 Å². The first-order valence-corrected chi connectivity index (χ1v) is 5.78. The highest BCUT2D eigenvalue weighted by Gasteiger charge is 2.47. The van der Waals surface area contributed by atoms with Gasteiger partial charge in [-0.1, -0.05) is 0 Å². The van der Waals surface area contributed by atoms with Crippen LogP contribution in [0.25, 0.3) is 0 Å². The highest BCUT2D eigenvalue weighted by Crippen LogP contribution is 2.38. The molecule has 0 radical (unpaired) electrons. The van der Waals surface area contributed by atoms with E-state index in [1.807, 2.05) is 4.90 Å². The molecule has 0 aliphatic carbocycles. The van der Waals surface area contributed by atoms with Crippen LogP contribution >= 0.6 is 0 Å². The largest absolute Gasteiger partial charge is 0.451 e. The highest BCUT2D eigenvalue weighted by molar-refractivity contribution is 5.39. The monoisotopic (exact) mass is 259 g/mol. The van der Waals surface area contributed by atoms with E-state index in [-0.39, 0.29) is 5.60 Å². The number of hydrogen-bond donors (Lipinski definition) is 0. The summed E-state index contributed by atoms with van der Waals surface area (Å²) in [6.45, 7) is 2.13. The number of aromatic nitrogens is 2. The second-order valence-corrected chi connectivity index (χ2v) is 4.69. The number of epoxide rings is 1. The first-order valence-electron chi connectivity index (χ1n) is 5.78. The van der Waals surface area contributed by atoms with Crippen molar-refractivity contribution in [2.45, 2.75) is 24.6 Å². The molecule has 0 amide bonds. The van der Waals surface area contributed by atoms with Crippen LogP contribution in [0.5, 0.6) is 0 Å². The standard InChI is InChI=1S/C11H12F3N3O/c12-11(13,14)9-15-4-1-8(16-9)17-5-2-10(3-6-17)7-18-10/h1,4H,2-3,5-7H2. The first kappa shape index (κ1) is 11.7. The predicted molar refractivity (Wildman–Crippen MR) is 57.2 cm³/mol. The van der Waals surface area contributed by atoms with Gasteiger partial charge in [-0.3, -0.25) is 0 Å². The van der Waals surface area contributed by atoms with Crippen LogP contribution < -0.4 is 4.90 Å². The summed E-state index contributed by atoms with van der Waals surface area (Å²) in [7, 11) is 0. The summed E-state index contributed by atoms with van der Waals surface area (Å²) in [6, 6.07) is 1.51. The lowest BCUT2D eigenvalue weighted by Crippen LogP contribution is -2.38. The number of ether oxygens (including phenoxy) is 1. The van der Waals surface area contributed by atoms with E-state index < -0.39 is 12.0 Å². The number of nitrogens with zero attached hydrogens (tertiary/aromatic N) is 3. The lowest BCUT2D eigenvalue weighted by Gasteiger charge is -2.31. The minimum Gasteiger partial charge on any atom is -0.369 e. The third-order valence-corrected chi connectivity index (χ3v) is 3.45. The molecular formula is C11H12F3N3O. The minimum absolute atomic E-state index is 0.0103. The van der Waals surface area contributed by atoms with Gasteiger partial charge in [-0.15, -0.1) is 0 Å². The average molecular weight is 259 g/mol. The van der Waals surface area contributed by atoms with Crippen LogP contribution in [-0.4, -0.2) is 35.3 Å². The maximum atomic E-state index is 12.5. The fraction of sp³-hybridized carbons (Fsp3) is 0.636. The van der Waals surface area contributed by atoms with E-state index in [1.54, 1.807) is 0 Å². The average Bonchev–Trinajstić information content (AvgIpc) is 3.09. The van der Waals surface area contributed by atoms with Crippen LogP contribution in [0, 0.1) is 0 Å². The number of piperidine rings is 1. The van der Waals surface area contributed by atoms with Gasteiger partial charge < -0.3 is 9.64 Å². The smallest absolute Gasteiger partial charge is 0.369 e. The summed E-state index contributed by atoms with van der Waals surface area (Å²) in [5, 5.41) is 0. The number of alkyl halides is 3. The van der Waals surface area contributed by atoms with Gasteiger partial charge in [0.05, 0.1) is 12.2 Å². The van der Waals surface area contributed by atoms with Crippen molar-refractivity contribution >= 4 is 5.82 Å². The molecular weight excluding hydrogens is 247 g/mol. The van der Waals surface area contributed by atoms with E-state index >= 15 is 0 Å². The molecule has 0 atom stereocenters. The second kappa shape index (κ2) is 3.81. The van der Waals surface area contributed by atoms with Gasteiger partial charge in [0.1, 0.15) is 5.82 Å². The molecule has 2 aliphatic heterocycles. The van der Waals surface area contributed by atoms with Crippen LogP contribution in [-0.2, 0) is 10.9 Å². The Balaban J connectivity index is 1.76. The van der Waals surface area contributed by atoms with Gasteiger partial charge in [-0.05, 0) is 18.9 Å². The molecule has 2 fully saturated rings. The summed E-state index contributed by atoms with van der Waals surface area (Å²) in [5.74, 6) is -0.740. The van der Waals surface area contributed by atoms with Crippen molar-refractivity contribution in [1.82, 2.24) is 9.97 Å². The summed E-state index contributed by atoms with van der Waals surface area (Å²) in [6.07, 6.45) is -1.65. The summed E-state index contributed by atoms with van der Waals surface area (Å²) < 4.78 is 42.9. The second-order valence-electron chi connectivity index (χ2n) is 4.69. The zero-order valence-electron chi connectivity index (χ0n) is 9.57. The highest BCUT2D eigenvalue weighted by atomic mass is 19.4. The third-order valence-electron chi connectivity index (χ3n) is 3.45. The molecule has 0 N–H and O–H groups in total. The Morgan fingerprint density at radius 3 is 2.50 bits per heavy atom. The van der Waals surface area contributed by atoms with Crippen molar-refractivity contribution in [1.29, 1.82) is 0 Å². The molecule has 3 heterocycles. The maximum Gasteiger partial charge on any atom is 0.451 e. The van der Waals surface area contributed by atoms with Crippen LogP contribution in [0.15, 0.2) is 12.3 Å². The van der Waals surface area contributed by atoms with Gasteiger partial charge in [0.2, 0.25) is 5.82 Å². The maximum absolute atomic E-state index is 12.5. The summed E-state index contributed by atoms with van der Waals surface area (Å²) in [5.41, 5.74) is 0.0103. The number of rotatable bonds is 1. The first-order chi connectivity index (χ1) is 8.49. The lowest BCUT2D eigenvalue weighted by molar-refractivity contribution is -0.144. The topological polar surface area (TPSA) is 41.6 Å². The van der Waals surface area contributed by atoms with Crippen LogP contribution in [0.3, 0.4) is 0 Å². The van der Waals surface area contributed by atoms with E-state index in [0.717, 1.165) is 25.6 Å².